The molecule has 1 aromatic carbocycles. The van der Waals surface area contributed by atoms with E-state index in [4.69, 9.17) is 5.73 Å². The van der Waals surface area contributed by atoms with Crippen molar-refractivity contribution >= 4 is 11.7 Å². The summed E-state index contributed by atoms with van der Waals surface area (Å²) in [6, 6.07) is 9.69. The molecule has 0 bridgehead atoms. The molecule has 1 aromatic heterocycles. The maximum absolute atomic E-state index is 12.1. The van der Waals surface area contributed by atoms with Gasteiger partial charge in [-0.1, -0.05) is 30.3 Å². The van der Waals surface area contributed by atoms with Crippen molar-refractivity contribution in [2.24, 2.45) is 7.05 Å². The van der Waals surface area contributed by atoms with E-state index in [1.165, 1.54) is 0 Å². The Balaban J connectivity index is 1.97. The highest BCUT2D eigenvalue weighted by Crippen LogP contribution is 2.15. The van der Waals surface area contributed by atoms with Gasteiger partial charge in [-0.05, 0) is 12.5 Å². The lowest BCUT2D eigenvalue weighted by molar-refractivity contribution is -0.122. The van der Waals surface area contributed by atoms with Gasteiger partial charge in [0.25, 0.3) is 0 Å². The van der Waals surface area contributed by atoms with Crippen LogP contribution in [0.1, 0.15) is 24.0 Å². The normalized spacial score (nSPS) is 12.1. The third kappa shape index (κ3) is 2.93. The quantitative estimate of drug-likeness (QED) is 0.871. The first-order chi connectivity index (χ1) is 9.09. The zero-order chi connectivity index (χ0) is 13.8. The minimum absolute atomic E-state index is 0.0190. The Labute approximate surface area is 112 Å². The summed E-state index contributed by atoms with van der Waals surface area (Å²) in [6.45, 7) is 2.28. The van der Waals surface area contributed by atoms with Crippen LogP contribution in [0.25, 0.3) is 0 Å². The van der Waals surface area contributed by atoms with Gasteiger partial charge in [0.2, 0.25) is 5.91 Å². The number of carbonyl (C=O) groups is 1. The van der Waals surface area contributed by atoms with Crippen LogP contribution in [-0.4, -0.2) is 15.7 Å². The number of carbonyl (C=O) groups excluding carboxylic acids is 1. The molecule has 1 atom stereocenters. The molecular weight excluding hydrogens is 240 g/mol. The van der Waals surface area contributed by atoms with Crippen molar-refractivity contribution in [1.82, 2.24) is 15.1 Å². The summed E-state index contributed by atoms with van der Waals surface area (Å²) in [7, 11) is 1.77. The van der Waals surface area contributed by atoms with Gasteiger partial charge in [0.15, 0.2) is 0 Å². The highest BCUT2D eigenvalue weighted by molar-refractivity contribution is 5.83. The van der Waals surface area contributed by atoms with Gasteiger partial charge in [0.1, 0.15) is 5.82 Å². The maximum Gasteiger partial charge on any atom is 0.227 e. The number of nitrogen functional groups attached to an aromatic ring is 1. The Morgan fingerprint density at radius 2 is 2.11 bits per heavy atom. The Morgan fingerprint density at radius 3 is 2.68 bits per heavy atom. The van der Waals surface area contributed by atoms with E-state index in [9.17, 15) is 4.79 Å². The molecule has 0 saturated carbocycles. The van der Waals surface area contributed by atoms with Crippen molar-refractivity contribution < 1.29 is 4.79 Å². The molecule has 19 heavy (non-hydrogen) atoms. The van der Waals surface area contributed by atoms with Crippen molar-refractivity contribution in [2.75, 3.05) is 5.73 Å². The van der Waals surface area contributed by atoms with E-state index < -0.39 is 0 Å². The van der Waals surface area contributed by atoms with E-state index in [-0.39, 0.29) is 11.8 Å². The molecule has 5 nitrogen and oxygen atoms in total. The topological polar surface area (TPSA) is 72.9 Å². The Morgan fingerprint density at radius 1 is 1.42 bits per heavy atom. The number of aryl methyl sites for hydroxylation is 1. The summed E-state index contributed by atoms with van der Waals surface area (Å²) in [6.07, 6.45) is 1.67. The molecule has 3 N–H and O–H groups in total. The van der Waals surface area contributed by atoms with Gasteiger partial charge in [0.05, 0.1) is 12.1 Å². The molecule has 2 aromatic rings. The van der Waals surface area contributed by atoms with Crippen molar-refractivity contribution in [1.29, 1.82) is 0 Å². The predicted molar refractivity (Wildman–Crippen MR) is 74.3 cm³/mol. The highest BCUT2D eigenvalue weighted by Gasteiger charge is 2.15. The van der Waals surface area contributed by atoms with Crippen LogP contribution < -0.4 is 11.1 Å². The average molecular weight is 258 g/mol. The summed E-state index contributed by atoms with van der Waals surface area (Å²) in [5, 5.41) is 6.92. The summed E-state index contributed by atoms with van der Waals surface area (Å²) in [5.74, 6) is 0.376. The first-order valence-electron chi connectivity index (χ1n) is 6.18. The first-order valence-corrected chi connectivity index (χ1v) is 6.18. The van der Waals surface area contributed by atoms with Gasteiger partial charge >= 0.3 is 0 Å². The lowest BCUT2D eigenvalue weighted by atomic mass is 10.0. The molecule has 0 aliphatic carbocycles. The molecule has 0 aliphatic rings. The second-order valence-electron chi connectivity index (χ2n) is 4.53. The number of hydrogen-bond acceptors (Lipinski definition) is 3. The fourth-order valence-corrected chi connectivity index (χ4v) is 1.86. The number of hydrogen-bond donors (Lipinski definition) is 2. The zero-order valence-electron chi connectivity index (χ0n) is 11.1. The van der Waals surface area contributed by atoms with E-state index in [2.05, 4.69) is 10.4 Å². The molecule has 1 heterocycles. The van der Waals surface area contributed by atoms with Crippen LogP contribution >= 0.6 is 0 Å². The summed E-state index contributed by atoms with van der Waals surface area (Å²) in [5.41, 5.74) is 7.65. The number of nitrogens with one attached hydrogen (secondary N) is 1. The number of anilines is 1. The molecule has 0 saturated heterocycles. The van der Waals surface area contributed by atoms with E-state index in [1.807, 2.05) is 37.3 Å². The van der Waals surface area contributed by atoms with Crippen LogP contribution in [0.15, 0.2) is 36.5 Å². The summed E-state index contributed by atoms with van der Waals surface area (Å²) < 4.78 is 1.59. The summed E-state index contributed by atoms with van der Waals surface area (Å²) in [4.78, 5) is 12.1. The van der Waals surface area contributed by atoms with Crippen molar-refractivity contribution in [3.05, 3.63) is 47.7 Å². The number of aromatic nitrogens is 2. The fourth-order valence-electron chi connectivity index (χ4n) is 1.86. The van der Waals surface area contributed by atoms with Crippen molar-refractivity contribution in [3.63, 3.8) is 0 Å². The lowest BCUT2D eigenvalue weighted by Gasteiger charge is -2.12. The standard InChI is InChI=1S/C14H18N4O/c1-10(11-6-4-3-5-7-11)14(19)16-8-12-9-17-18(2)13(12)15/h3-7,9-10H,8,15H2,1-2H3,(H,16,19). The minimum Gasteiger partial charge on any atom is -0.384 e. The average Bonchev–Trinajstić information content (AvgIpc) is 2.76. The molecule has 2 rings (SSSR count). The van der Waals surface area contributed by atoms with E-state index in [1.54, 1.807) is 17.9 Å². The van der Waals surface area contributed by atoms with Gasteiger partial charge in [-0.15, -0.1) is 0 Å². The summed E-state index contributed by atoms with van der Waals surface area (Å²) >= 11 is 0. The smallest absolute Gasteiger partial charge is 0.227 e. The van der Waals surface area contributed by atoms with E-state index in [0.717, 1.165) is 11.1 Å². The predicted octanol–water partition coefficient (Wildman–Crippen LogP) is 1.42. The molecular formula is C14H18N4O. The number of benzene rings is 1. The molecule has 5 heteroatoms. The van der Waals surface area contributed by atoms with E-state index >= 15 is 0 Å². The number of rotatable bonds is 4. The van der Waals surface area contributed by atoms with Crippen molar-refractivity contribution in [3.8, 4) is 0 Å². The Hall–Kier alpha value is -2.30. The molecule has 0 radical (unpaired) electrons. The molecule has 1 unspecified atom stereocenters. The highest BCUT2D eigenvalue weighted by atomic mass is 16.1. The van der Waals surface area contributed by atoms with E-state index in [0.29, 0.717) is 12.4 Å². The fraction of sp³-hybridized carbons (Fsp3) is 0.286. The van der Waals surface area contributed by atoms with Crippen LogP contribution in [0, 0.1) is 0 Å². The van der Waals surface area contributed by atoms with Gasteiger partial charge in [-0.3, -0.25) is 9.48 Å². The lowest BCUT2D eigenvalue weighted by Crippen LogP contribution is -2.27. The zero-order valence-corrected chi connectivity index (χ0v) is 11.1. The minimum atomic E-state index is -0.181. The van der Waals surface area contributed by atoms with Gasteiger partial charge in [0, 0.05) is 19.2 Å². The largest absolute Gasteiger partial charge is 0.384 e. The molecule has 0 spiro atoms. The molecule has 0 aliphatic heterocycles. The molecule has 100 valence electrons. The van der Waals surface area contributed by atoms with Gasteiger partial charge in [-0.25, -0.2) is 0 Å². The van der Waals surface area contributed by atoms with Crippen LogP contribution in [-0.2, 0) is 18.4 Å². The maximum atomic E-state index is 12.1. The van der Waals surface area contributed by atoms with Crippen LogP contribution in [0.2, 0.25) is 0 Å². The molecule has 0 fully saturated rings. The Bertz CT molecular complexity index is 562. The Kier molecular flexibility index (Phi) is 3.85. The SMILES string of the molecule is CC(C(=O)NCc1cnn(C)c1N)c1ccccc1. The first kappa shape index (κ1) is 13.1. The van der Waals surface area contributed by atoms with Gasteiger partial charge < -0.3 is 11.1 Å². The number of amides is 1. The number of nitrogens with zero attached hydrogens (tertiary/aromatic N) is 2. The van der Waals surface area contributed by atoms with Crippen LogP contribution in [0.3, 0.4) is 0 Å². The second kappa shape index (κ2) is 5.56. The van der Waals surface area contributed by atoms with Gasteiger partial charge in [-0.2, -0.15) is 5.10 Å². The molecule has 1 amide bonds. The van der Waals surface area contributed by atoms with Crippen molar-refractivity contribution in [2.45, 2.75) is 19.4 Å². The van der Waals surface area contributed by atoms with Crippen LogP contribution in [0.5, 0.6) is 0 Å². The third-order valence-corrected chi connectivity index (χ3v) is 3.21. The third-order valence-electron chi connectivity index (χ3n) is 3.21. The van der Waals surface area contributed by atoms with Crippen LogP contribution in [0.4, 0.5) is 5.82 Å². The second-order valence-corrected chi connectivity index (χ2v) is 4.53. The number of nitrogens with two attached hydrogens (primary N) is 1. The monoisotopic (exact) mass is 258 g/mol.